The molecule has 9 aromatic rings. The monoisotopic (exact) mass is 668 g/mol. The van der Waals surface area contributed by atoms with Crippen LogP contribution >= 0.6 is 11.3 Å². The lowest BCUT2D eigenvalue weighted by Crippen LogP contribution is -2.22. The summed E-state index contributed by atoms with van der Waals surface area (Å²) in [7, 11) is 0. The maximum absolute atomic E-state index is 5.27. The normalized spacial score (nSPS) is 14.8. The SMILES string of the molecule is CC1(c2ccccc2)c2cc(-c3cc(-c4cccc5c4sc4ccccc45)nc(-c4ccccc4)n3)ccc2-c2c(-c3ccccc3)cccc21. The first-order valence-corrected chi connectivity index (χ1v) is 18.2. The topological polar surface area (TPSA) is 25.8 Å². The van der Waals surface area contributed by atoms with Gasteiger partial charge in [-0.1, -0.05) is 158 Å². The van der Waals surface area contributed by atoms with E-state index in [4.69, 9.17) is 9.97 Å². The van der Waals surface area contributed by atoms with Crippen LogP contribution < -0.4 is 0 Å². The van der Waals surface area contributed by atoms with Crippen LogP contribution in [-0.4, -0.2) is 9.97 Å². The second kappa shape index (κ2) is 11.7. The molecule has 10 rings (SSSR count). The molecule has 3 heteroatoms. The van der Waals surface area contributed by atoms with Crippen molar-refractivity contribution in [3.05, 3.63) is 193 Å². The molecule has 51 heavy (non-hydrogen) atoms. The van der Waals surface area contributed by atoms with Gasteiger partial charge in [-0.2, -0.15) is 0 Å². The number of fused-ring (bicyclic) bond motifs is 6. The zero-order chi connectivity index (χ0) is 33.9. The second-order valence-corrected chi connectivity index (χ2v) is 14.5. The van der Waals surface area contributed by atoms with E-state index in [0.29, 0.717) is 0 Å². The van der Waals surface area contributed by atoms with E-state index in [-0.39, 0.29) is 5.41 Å². The number of hydrogen-bond acceptors (Lipinski definition) is 3. The van der Waals surface area contributed by atoms with E-state index in [2.05, 4.69) is 177 Å². The van der Waals surface area contributed by atoms with Gasteiger partial charge in [0, 0.05) is 42.3 Å². The molecule has 0 spiro atoms. The smallest absolute Gasteiger partial charge is 0.160 e. The van der Waals surface area contributed by atoms with Gasteiger partial charge < -0.3 is 0 Å². The summed E-state index contributed by atoms with van der Waals surface area (Å²) in [4.78, 5) is 10.5. The summed E-state index contributed by atoms with van der Waals surface area (Å²) < 4.78 is 2.53. The lowest BCUT2D eigenvalue weighted by molar-refractivity contribution is 0.714. The molecule has 240 valence electrons. The van der Waals surface area contributed by atoms with Gasteiger partial charge >= 0.3 is 0 Å². The van der Waals surface area contributed by atoms with Crippen LogP contribution in [0, 0.1) is 0 Å². The maximum Gasteiger partial charge on any atom is 0.160 e. The molecule has 1 unspecified atom stereocenters. The van der Waals surface area contributed by atoms with Gasteiger partial charge in [0.15, 0.2) is 5.82 Å². The van der Waals surface area contributed by atoms with E-state index in [9.17, 15) is 0 Å². The maximum atomic E-state index is 5.27. The molecule has 0 radical (unpaired) electrons. The zero-order valence-corrected chi connectivity index (χ0v) is 28.9. The third kappa shape index (κ3) is 4.70. The Morgan fingerprint density at radius 3 is 1.90 bits per heavy atom. The van der Waals surface area contributed by atoms with E-state index >= 15 is 0 Å². The van der Waals surface area contributed by atoms with Crippen LogP contribution in [0.15, 0.2) is 176 Å². The van der Waals surface area contributed by atoms with Gasteiger partial charge in [-0.3, -0.25) is 0 Å². The summed E-state index contributed by atoms with van der Waals surface area (Å²) in [5, 5.41) is 2.54. The zero-order valence-electron chi connectivity index (χ0n) is 28.0. The van der Waals surface area contributed by atoms with Crippen LogP contribution in [0.4, 0.5) is 0 Å². The highest BCUT2D eigenvalue weighted by Gasteiger charge is 2.42. The van der Waals surface area contributed by atoms with Gasteiger partial charge in [-0.25, -0.2) is 9.97 Å². The van der Waals surface area contributed by atoms with Crippen LogP contribution in [0.5, 0.6) is 0 Å². The number of benzene rings is 7. The number of thiophene rings is 1. The highest BCUT2D eigenvalue weighted by atomic mass is 32.1. The van der Waals surface area contributed by atoms with E-state index in [1.54, 1.807) is 0 Å². The van der Waals surface area contributed by atoms with Crippen molar-refractivity contribution in [3.63, 3.8) is 0 Å². The van der Waals surface area contributed by atoms with Gasteiger partial charge in [0.2, 0.25) is 0 Å². The fraction of sp³-hybridized carbons (Fsp3) is 0.0417. The predicted molar refractivity (Wildman–Crippen MR) is 214 cm³/mol. The highest BCUT2D eigenvalue weighted by molar-refractivity contribution is 7.26. The average Bonchev–Trinajstić information content (AvgIpc) is 3.72. The minimum atomic E-state index is -0.354. The molecule has 0 fully saturated rings. The third-order valence-electron chi connectivity index (χ3n) is 10.6. The van der Waals surface area contributed by atoms with Crippen LogP contribution in [0.25, 0.3) is 76.3 Å². The van der Waals surface area contributed by atoms with Crippen LogP contribution in [0.3, 0.4) is 0 Å². The van der Waals surface area contributed by atoms with Crippen LogP contribution in [0.1, 0.15) is 23.6 Å². The van der Waals surface area contributed by atoms with Gasteiger partial charge in [-0.05, 0) is 64.1 Å². The fourth-order valence-electron chi connectivity index (χ4n) is 8.08. The molecule has 0 saturated carbocycles. The molecular formula is C48H32N2S. The van der Waals surface area contributed by atoms with E-state index < -0.39 is 0 Å². The Morgan fingerprint density at radius 1 is 0.451 bits per heavy atom. The lowest BCUT2D eigenvalue weighted by atomic mass is 9.73. The molecule has 2 heterocycles. The van der Waals surface area contributed by atoms with Gasteiger partial charge in [-0.15, -0.1) is 11.3 Å². The number of nitrogens with zero attached hydrogens (tertiary/aromatic N) is 2. The Kier molecular flexibility index (Phi) is 6.83. The van der Waals surface area contributed by atoms with Crippen molar-refractivity contribution in [1.29, 1.82) is 0 Å². The van der Waals surface area contributed by atoms with Crippen molar-refractivity contribution in [2.45, 2.75) is 12.3 Å². The quantitative estimate of drug-likeness (QED) is 0.182. The summed E-state index contributed by atoms with van der Waals surface area (Å²) >= 11 is 1.83. The molecule has 0 saturated heterocycles. The van der Waals surface area contributed by atoms with Gasteiger partial charge in [0.05, 0.1) is 11.4 Å². The summed E-state index contributed by atoms with van der Waals surface area (Å²) in [5.41, 5.74) is 13.6. The first-order chi connectivity index (χ1) is 25.2. The number of rotatable bonds is 5. The van der Waals surface area contributed by atoms with Crippen molar-refractivity contribution < 1.29 is 0 Å². The Bertz CT molecular complexity index is 2750. The molecule has 0 N–H and O–H groups in total. The number of hydrogen-bond donors (Lipinski definition) is 0. The molecule has 2 aromatic heterocycles. The van der Waals surface area contributed by atoms with Crippen molar-refractivity contribution in [1.82, 2.24) is 9.97 Å². The van der Waals surface area contributed by atoms with E-state index in [1.807, 2.05) is 17.4 Å². The molecule has 1 atom stereocenters. The summed E-state index contributed by atoms with van der Waals surface area (Å²) in [5.74, 6) is 0.724. The Morgan fingerprint density at radius 2 is 1.10 bits per heavy atom. The Hall–Kier alpha value is -6.16. The molecule has 0 amide bonds. The third-order valence-corrected chi connectivity index (χ3v) is 11.8. The minimum absolute atomic E-state index is 0.354. The molecule has 2 nitrogen and oxygen atoms in total. The Balaban J connectivity index is 1.21. The predicted octanol–water partition coefficient (Wildman–Crippen LogP) is 12.8. The van der Waals surface area contributed by atoms with Crippen molar-refractivity contribution in [3.8, 4) is 56.2 Å². The van der Waals surface area contributed by atoms with Gasteiger partial charge in [0.1, 0.15) is 0 Å². The fourth-order valence-corrected chi connectivity index (χ4v) is 9.30. The molecule has 0 aliphatic heterocycles. The molecule has 0 bridgehead atoms. The van der Waals surface area contributed by atoms with E-state index in [0.717, 1.165) is 33.9 Å². The lowest BCUT2D eigenvalue weighted by Gasteiger charge is -2.28. The first kappa shape index (κ1) is 29.7. The minimum Gasteiger partial charge on any atom is -0.228 e. The summed E-state index contributed by atoms with van der Waals surface area (Å²) in [6, 6.07) is 63.2. The molecular weight excluding hydrogens is 637 g/mol. The molecule has 1 aliphatic carbocycles. The van der Waals surface area contributed by atoms with E-state index in [1.165, 1.54) is 59.1 Å². The van der Waals surface area contributed by atoms with Gasteiger partial charge in [0.25, 0.3) is 0 Å². The summed E-state index contributed by atoms with van der Waals surface area (Å²) in [6.45, 7) is 2.38. The van der Waals surface area contributed by atoms with Crippen LogP contribution in [0.2, 0.25) is 0 Å². The standard InChI is InChI=1S/C48H32N2S/c1-48(34-19-9-4-10-20-34)40-25-14-22-35(31-15-5-2-6-16-31)45(40)38-28-27-33(29-41(38)48)42-30-43(50-47(49-42)32-17-7-3-8-18-32)39-24-13-23-37-36-21-11-12-26-44(36)51-46(37)39/h2-30H,1H3. The van der Waals surface area contributed by atoms with Crippen molar-refractivity contribution in [2.24, 2.45) is 0 Å². The van der Waals surface area contributed by atoms with Crippen molar-refractivity contribution >= 4 is 31.5 Å². The molecule has 7 aromatic carbocycles. The largest absolute Gasteiger partial charge is 0.228 e. The molecule has 1 aliphatic rings. The highest BCUT2D eigenvalue weighted by Crippen LogP contribution is 2.55. The van der Waals surface area contributed by atoms with Crippen molar-refractivity contribution in [2.75, 3.05) is 0 Å². The second-order valence-electron chi connectivity index (χ2n) is 13.5. The number of aromatic nitrogens is 2. The first-order valence-electron chi connectivity index (χ1n) is 17.4. The van der Waals surface area contributed by atoms with Crippen LogP contribution in [-0.2, 0) is 5.41 Å². The summed E-state index contributed by atoms with van der Waals surface area (Å²) in [6.07, 6.45) is 0. The average molecular weight is 669 g/mol. The Labute approximate surface area is 301 Å².